The second-order valence-corrected chi connectivity index (χ2v) is 4.49. The molecule has 0 saturated carbocycles. The van der Waals surface area contributed by atoms with Crippen LogP contribution in [0.1, 0.15) is 10.4 Å². The minimum atomic E-state index is -0.961. The van der Waals surface area contributed by atoms with Crippen LogP contribution in [0.5, 0.6) is 0 Å². The molecule has 5 heteroatoms. The van der Waals surface area contributed by atoms with E-state index in [9.17, 15) is 4.79 Å². The third-order valence-corrected chi connectivity index (χ3v) is 3.73. The van der Waals surface area contributed by atoms with Gasteiger partial charge in [-0.15, -0.1) is 24.0 Å². The van der Waals surface area contributed by atoms with Crippen molar-refractivity contribution in [3.8, 4) is 0 Å². The van der Waals surface area contributed by atoms with Crippen LogP contribution >= 0.6 is 35.6 Å². The lowest BCUT2D eigenvalue weighted by atomic mass is 10.2. The molecule has 2 rings (SSSR count). The summed E-state index contributed by atoms with van der Waals surface area (Å²) in [6.45, 7) is 0. The minimum absolute atomic E-state index is 0.242. The van der Waals surface area contributed by atoms with Gasteiger partial charge >= 0.3 is 5.97 Å². The van der Waals surface area contributed by atoms with Gasteiger partial charge in [-0.05, 0) is 12.1 Å². The summed E-state index contributed by atoms with van der Waals surface area (Å²) in [4.78, 5) is 11.6. The van der Waals surface area contributed by atoms with E-state index in [-0.39, 0.29) is 5.56 Å². The Bertz CT molecular complexity index is 519. The van der Waals surface area contributed by atoms with Gasteiger partial charge in [-0.1, -0.05) is 11.6 Å². The van der Waals surface area contributed by atoms with Gasteiger partial charge in [0.1, 0.15) is 0 Å². The van der Waals surface area contributed by atoms with E-state index in [2.05, 4.69) is 12.6 Å². The molecule has 1 N–H and O–H groups in total. The van der Waals surface area contributed by atoms with Gasteiger partial charge in [-0.2, -0.15) is 0 Å². The highest BCUT2D eigenvalue weighted by atomic mass is 35.5. The summed E-state index contributed by atoms with van der Waals surface area (Å²) in [5.41, 5.74) is 0.242. The zero-order valence-electron chi connectivity index (χ0n) is 6.82. The molecule has 2 nitrogen and oxygen atoms in total. The topological polar surface area (TPSA) is 37.3 Å². The van der Waals surface area contributed by atoms with Gasteiger partial charge < -0.3 is 5.11 Å². The van der Waals surface area contributed by atoms with Crippen molar-refractivity contribution in [1.82, 2.24) is 0 Å². The number of hydrogen-bond donors (Lipinski definition) is 2. The number of rotatable bonds is 1. The number of carbonyl (C=O) groups is 1. The van der Waals surface area contributed by atoms with Crippen molar-refractivity contribution in [1.29, 1.82) is 0 Å². The maximum absolute atomic E-state index is 10.9. The van der Waals surface area contributed by atoms with Crippen LogP contribution in [0.3, 0.4) is 0 Å². The molecule has 0 radical (unpaired) electrons. The molecule has 0 aliphatic heterocycles. The second-order valence-electron chi connectivity index (χ2n) is 2.73. The van der Waals surface area contributed by atoms with Gasteiger partial charge in [0.2, 0.25) is 0 Å². The molecule has 0 spiro atoms. The van der Waals surface area contributed by atoms with E-state index in [4.69, 9.17) is 16.7 Å². The average Bonchev–Trinajstić information content (AvgIpc) is 2.56. The predicted molar refractivity (Wildman–Crippen MR) is 61.0 cm³/mol. The highest BCUT2D eigenvalue weighted by Crippen LogP contribution is 2.36. The van der Waals surface area contributed by atoms with Crippen LogP contribution in [-0.2, 0) is 0 Å². The molecule has 0 saturated heterocycles. The number of hydrogen-bond acceptors (Lipinski definition) is 3. The van der Waals surface area contributed by atoms with Crippen molar-refractivity contribution in [2.75, 3.05) is 0 Å². The van der Waals surface area contributed by atoms with Crippen molar-refractivity contribution < 1.29 is 9.90 Å². The summed E-state index contributed by atoms with van der Waals surface area (Å²) in [6.07, 6.45) is 0. The van der Waals surface area contributed by atoms with E-state index in [0.717, 1.165) is 9.60 Å². The zero-order valence-corrected chi connectivity index (χ0v) is 9.29. The number of carboxylic acid groups (broad SMARTS) is 1. The number of thiophene rings is 1. The molecular weight excluding hydrogens is 240 g/mol. The Balaban J connectivity index is 2.90. The van der Waals surface area contributed by atoms with E-state index in [1.165, 1.54) is 11.3 Å². The van der Waals surface area contributed by atoms with Crippen molar-refractivity contribution in [2.45, 2.75) is 4.90 Å². The normalized spacial score (nSPS) is 10.7. The number of benzene rings is 1. The third kappa shape index (κ3) is 1.39. The Morgan fingerprint density at radius 3 is 2.86 bits per heavy atom. The quantitative estimate of drug-likeness (QED) is 0.753. The Labute approximate surface area is 94.5 Å². The molecule has 0 unspecified atom stereocenters. The Morgan fingerprint density at radius 1 is 1.50 bits per heavy atom. The summed E-state index contributed by atoms with van der Waals surface area (Å²) in [5.74, 6) is -0.961. The van der Waals surface area contributed by atoms with E-state index >= 15 is 0 Å². The first-order valence-electron chi connectivity index (χ1n) is 3.73. The van der Waals surface area contributed by atoms with Crippen molar-refractivity contribution in [3.05, 3.63) is 28.1 Å². The van der Waals surface area contributed by atoms with Crippen LogP contribution in [-0.4, -0.2) is 11.1 Å². The molecule has 0 bridgehead atoms. The third-order valence-electron chi connectivity index (χ3n) is 1.88. The molecule has 0 amide bonds. The van der Waals surface area contributed by atoms with Gasteiger partial charge in [0.05, 0.1) is 10.6 Å². The molecule has 0 aliphatic carbocycles. The van der Waals surface area contributed by atoms with Crippen molar-refractivity contribution >= 4 is 51.6 Å². The van der Waals surface area contributed by atoms with Crippen LogP contribution < -0.4 is 0 Å². The molecule has 14 heavy (non-hydrogen) atoms. The number of thiol groups is 1. The SMILES string of the molecule is O=C(O)c1csc2c(S)ccc(Cl)c12. The number of halogens is 1. The zero-order chi connectivity index (χ0) is 10.3. The van der Waals surface area contributed by atoms with Crippen LogP contribution in [0.25, 0.3) is 10.1 Å². The first-order chi connectivity index (χ1) is 6.61. The van der Waals surface area contributed by atoms with E-state index in [1.54, 1.807) is 17.5 Å². The number of aromatic carboxylic acids is 1. The molecule has 72 valence electrons. The van der Waals surface area contributed by atoms with Gasteiger partial charge in [0, 0.05) is 20.4 Å². The number of fused-ring (bicyclic) bond motifs is 1. The molecule has 1 aromatic heterocycles. The van der Waals surface area contributed by atoms with Crippen LogP contribution in [0.15, 0.2) is 22.4 Å². The molecule has 1 heterocycles. The monoisotopic (exact) mass is 244 g/mol. The summed E-state index contributed by atoms with van der Waals surface area (Å²) in [6, 6.07) is 3.42. The first-order valence-corrected chi connectivity index (χ1v) is 5.43. The molecule has 0 aliphatic rings. The van der Waals surface area contributed by atoms with Gasteiger partial charge in [-0.3, -0.25) is 0 Å². The lowest BCUT2D eigenvalue weighted by Crippen LogP contribution is -1.93. The molecular formula is C9H5ClO2S2. The van der Waals surface area contributed by atoms with Crippen molar-refractivity contribution in [2.24, 2.45) is 0 Å². The van der Waals surface area contributed by atoms with Crippen LogP contribution in [0.2, 0.25) is 5.02 Å². The van der Waals surface area contributed by atoms with Gasteiger partial charge in [0.25, 0.3) is 0 Å². The molecule has 0 atom stereocenters. The predicted octanol–water partition coefficient (Wildman–Crippen LogP) is 3.54. The standard InChI is InChI=1S/C9H5ClO2S2/c10-5-1-2-6(13)8-7(5)4(3-14-8)9(11)12/h1-3,13H,(H,11,12). The highest BCUT2D eigenvalue weighted by molar-refractivity contribution is 7.80. The fourth-order valence-corrected chi connectivity index (χ4v) is 2.89. The van der Waals surface area contributed by atoms with Crippen LogP contribution in [0, 0.1) is 0 Å². The largest absolute Gasteiger partial charge is 0.478 e. The Hall–Kier alpha value is -0.710. The fourth-order valence-electron chi connectivity index (χ4n) is 1.25. The molecule has 0 fully saturated rings. The highest BCUT2D eigenvalue weighted by Gasteiger charge is 2.14. The maximum atomic E-state index is 10.9. The average molecular weight is 245 g/mol. The van der Waals surface area contributed by atoms with Gasteiger partial charge in [-0.25, -0.2) is 4.79 Å². The summed E-state index contributed by atoms with van der Waals surface area (Å²) in [5, 5.41) is 11.5. The first kappa shape index (κ1) is 9.83. The van der Waals surface area contributed by atoms with E-state index < -0.39 is 5.97 Å². The smallest absolute Gasteiger partial charge is 0.337 e. The van der Waals surface area contributed by atoms with Gasteiger partial charge in [0.15, 0.2) is 0 Å². The molecule has 2 aromatic rings. The Kier molecular flexibility index (Phi) is 2.43. The van der Waals surface area contributed by atoms with E-state index in [1.807, 2.05) is 0 Å². The van der Waals surface area contributed by atoms with E-state index in [0.29, 0.717) is 10.4 Å². The lowest BCUT2D eigenvalue weighted by Gasteiger charge is -1.98. The fraction of sp³-hybridized carbons (Fsp3) is 0. The summed E-state index contributed by atoms with van der Waals surface area (Å²) < 4.78 is 0.818. The van der Waals surface area contributed by atoms with Crippen molar-refractivity contribution in [3.63, 3.8) is 0 Å². The second kappa shape index (κ2) is 3.46. The number of carboxylic acids is 1. The summed E-state index contributed by atoms with van der Waals surface area (Å²) >= 11 is 11.5. The van der Waals surface area contributed by atoms with Crippen LogP contribution in [0.4, 0.5) is 0 Å². The lowest BCUT2D eigenvalue weighted by molar-refractivity contribution is 0.0699. The molecule has 1 aromatic carbocycles. The summed E-state index contributed by atoms with van der Waals surface area (Å²) in [7, 11) is 0. The minimum Gasteiger partial charge on any atom is -0.478 e. The maximum Gasteiger partial charge on any atom is 0.337 e. The Morgan fingerprint density at radius 2 is 2.21 bits per heavy atom.